The summed E-state index contributed by atoms with van der Waals surface area (Å²) in [5.41, 5.74) is 5.42. The summed E-state index contributed by atoms with van der Waals surface area (Å²) in [6.45, 7) is 2.00. The fraction of sp³-hybridized carbons (Fsp3) is 0.900. The standard InChI is InChI=1S/C10H20N2O3/c11-7-9-8-12(10(14)15-9)5-3-1-2-4-6-13/h9,13H,1-8,11H2. The van der Waals surface area contributed by atoms with E-state index < -0.39 is 0 Å². The number of ether oxygens (including phenoxy) is 1. The van der Waals surface area contributed by atoms with Crippen LogP contribution < -0.4 is 5.73 Å². The summed E-state index contributed by atoms with van der Waals surface area (Å²) in [5.74, 6) is 0. The molecule has 0 aromatic carbocycles. The number of nitrogens with two attached hydrogens (primary N) is 1. The third kappa shape index (κ3) is 4.05. The highest BCUT2D eigenvalue weighted by atomic mass is 16.6. The Morgan fingerprint density at radius 2 is 2.13 bits per heavy atom. The molecule has 0 aromatic heterocycles. The van der Waals surface area contributed by atoms with E-state index in [-0.39, 0.29) is 18.8 Å². The van der Waals surface area contributed by atoms with Crippen molar-refractivity contribution in [3.8, 4) is 0 Å². The lowest BCUT2D eigenvalue weighted by Gasteiger charge is -2.11. The van der Waals surface area contributed by atoms with Crippen molar-refractivity contribution in [3.63, 3.8) is 0 Å². The van der Waals surface area contributed by atoms with Gasteiger partial charge in [-0.05, 0) is 12.8 Å². The maximum atomic E-state index is 11.3. The van der Waals surface area contributed by atoms with Crippen molar-refractivity contribution >= 4 is 6.09 Å². The monoisotopic (exact) mass is 216 g/mol. The van der Waals surface area contributed by atoms with Crippen LogP contribution in [-0.4, -0.2) is 48.4 Å². The fourth-order valence-corrected chi connectivity index (χ4v) is 1.65. The maximum absolute atomic E-state index is 11.3. The number of carbonyl (C=O) groups is 1. The van der Waals surface area contributed by atoms with Gasteiger partial charge in [-0.1, -0.05) is 12.8 Å². The minimum absolute atomic E-state index is 0.130. The molecule has 1 aliphatic rings. The molecule has 0 bridgehead atoms. The molecule has 0 radical (unpaired) electrons. The number of hydrogen-bond acceptors (Lipinski definition) is 4. The van der Waals surface area contributed by atoms with Crippen LogP contribution in [0.25, 0.3) is 0 Å². The zero-order chi connectivity index (χ0) is 11.1. The molecule has 1 fully saturated rings. The molecule has 1 saturated heterocycles. The molecule has 1 amide bonds. The average Bonchev–Trinajstić information content (AvgIpc) is 2.59. The van der Waals surface area contributed by atoms with Crippen molar-refractivity contribution in [3.05, 3.63) is 0 Å². The molecule has 1 heterocycles. The minimum atomic E-state index is -0.243. The Kier molecular flexibility index (Phi) is 5.42. The molecule has 88 valence electrons. The predicted molar refractivity (Wildman–Crippen MR) is 56.5 cm³/mol. The fourth-order valence-electron chi connectivity index (χ4n) is 1.65. The Balaban J connectivity index is 2.08. The molecule has 3 N–H and O–H groups in total. The minimum Gasteiger partial charge on any atom is -0.443 e. The van der Waals surface area contributed by atoms with E-state index >= 15 is 0 Å². The highest BCUT2D eigenvalue weighted by Crippen LogP contribution is 2.11. The van der Waals surface area contributed by atoms with E-state index in [0.29, 0.717) is 13.1 Å². The van der Waals surface area contributed by atoms with E-state index in [0.717, 1.165) is 32.2 Å². The number of rotatable bonds is 7. The van der Waals surface area contributed by atoms with Gasteiger partial charge in [0.1, 0.15) is 6.10 Å². The van der Waals surface area contributed by atoms with E-state index in [4.69, 9.17) is 15.6 Å². The molecule has 1 rings (SSSR count). The highest BCUT2D eigenvalue weighted by molar-refractivity contribution is 5.69. The van der Waals surface area contributed by atoms with E-state index in [1.165, 1.54) is 0 Å². The van der Waals surface area contributed by atoms with Crippen LogP contribution in [-0.2, 0) is 4.74 Å². The third-order valence-electron chi connectivity index (χ3n) is 2.55. The normalized spacial score (nSPS) is 20.8. The van der Waals surface area contributed by atoms with Gasteiger partial charge in [0.15, 0.2) is 0 Å². The molecule has 0 saturated carbocycles. The van der Waals surface area contributed by atoms with Crippen LogP contribution in [0, 0.1) is 0 Å². The molecule has 1 aliphatic heterocycles. The van der Waals surface area contributed by atoms with E-state index in [2.05, 4.69) is 0 Å². The van der Waals surface area contributed by atoms with Gasteiger partial charge >= 0.3 is 6.09 Å². The van der Waals surface area contributed by atoms with Crippen molar-refractivity contribution in [2.45, 2.75) is 31.8 Å². The van der Waals surface area contributed by atoms with Crippen LogP contribution in [0.1, 0.15) is 25.7 Å². The van der Waals surface area contributed by atoms with Gasteiger partial charge in [0.2, 0.25) is 0 Å². The van der Waals surface area contributed by atoms with Crippen LogP contribution >= 0.6 is 0 Å². The Morgan fingerprint density at radius 1 is 1.40 bits per heavy atom. The zero-order valence-electron chi connectivity index (χ0n) is 9.02. The molecular weight excluding hydrogens is 196 g/mol. The predicted octanol–water partition coefficient (Wildman–Crippen LogP) is 0.319. The molecule has 0 spiro atoms. The first-order valence-electron chi connectivity index (χ1n) is 5.54. The first kappa shape index (κ1) is 12.3. The lowest BCUT2D eigenvalue weighted by atomic mass is 10.2. The van der Waals surface area contributed by atoms with Crippen LogP contribution in [0.5, 0.6) is 0 Å². The van der Waals surface area contributed by atoms with Crippen molar-refractivity contribution in [1.29, 1.82) is 0 Å². The number of aliphatic hydroxyl groups excluding tert-OH is 1. The molecule has 5 nitrogen and oxygen atoms in total. The maximum Gasteiger partial charge on any atom is 0.410 e. The van der Waals surface area contributed by atoms with Crippen LogP contribution in [0.2, 0.25) is 0 Å². The second-order valence-corrected chi connectivity index (χ2v) is 3.83. The van der Waals surface area contributed by atoms with Crippen molar-refractivity contribution in [2.75, 3.05) is 26.2 Å². The molecule has 0 aliphatic carbocycles. The molecule has 5 heteroatoms. The second kappa shape index (κ2) is 6.63. The number of carbonyl (C=O) groups excluding carboxylic acids is 1. The Morgan fingerprint density at radius 3 is 2.73 bits per heavy atom. The molecular formula is C10H20N2O3. The van der Waals surface area contributed by atoms with E-state index in [9.17, 15) is 4.79 Å². The molecule has 0 aromatic rings. The average molecular weight is 216 g/mol. The second-order valence-electron chi connectivity index (χ2n) is 3.83. The van der Waals surface area contributed by atoms with Gasteiger partial charge in [0, 0.05) is 19.7 Å². The number of nitrogens with zero attached hydrogens (tertiary/aromatic N) is 1. The first-order valence-corrected chi connectivity index (χ1v) is 5.54. The smallest absolute Gasteiger partial charge is 0.410 e. The van der Waals surface area contributed by atoms with Gasteiger partial charge in [-0.15, -0.1) is 0 Å². The summed E-state index contributed by atoms with van der Waals surface area (Å²) in [5, 5.41) is 8.59. The Hall–Kier alpha value is -0.810. The van der Waals surface area contributed by atoms with E-state index in [1.54, 1.807) is 4.90 Å². The summed E-state index contributed by atoms with van der Waals surface area (Å²) >= 11 is 0. The molecule has 1 atom stereocenters. The highest BCUT2D eigenvalue weighted by Gasteiger charge is 2.29. The van der Waals surface area contributed by atoms with E-state index in [1.807, 2.05) is 0 Å². The number of unbranched alkanes of at least 4 members (excludes halogenated alkanes) is 3. The molecule has 15 heavy (non-hydrogen) atoms. The van der Waals surface area contributed by atoms with Gasteiger partial charge in [0.25, 0.3) is 0 Å². The first-order chi connectivity index (χ1) is 7.27. The lowest BCUT2D eigenvalue weighted by molar-refractivity contribution is 0.134. The number of amides is 1. The number of aliphatic hydroxyl groups is 1. The van der Waals surface area contributed by atoms with Crippen LogP contribution in [0.3, 0.4) is 0 Å². The molecule has 1 unspecified atom stereocenters. The van der Waals surface area contributed by atoms with Gasteiger partial charge in [0.05, 0.1) is 6.54 Å². The summed E-state index contributed by atoms with van der Waals surface area (Å²) in [7, 11) is 0. The summed E-state index contributed by atoms with van der Waals surface area (Å²) in [6, 6.07) is 0. The van der Waals surface area contributed by atoms with Gasteiger partial charge in [-0.25, -0.2) is 4.79 Å². The zero-order valence-corrected chi connectivity index (χ0v) is 9.02. The number of hydrogen-bond donors (Lipinski definition) is 2. The van der Waals surface area contributed by atoms with Crippen molar-refractivity contribution in [2.24, 2.45) is 5.73 Å². The van der Waals surface area contributed by atoms with Crippen LogP contribution in [0.15, 0.2) is 0 Å². The van der Waals surface area contributed by atoms with Crippen molar-refractivity contribution < 1.29 is 14.6 Å². The SMILES string of the molecule is NCC1CN(CCCCCCO)C(=O)O1. The van der Waals surface area contributed by atoms with Gasteiger partial charge in [-0.2, -0.15) is 0 Å². The van der Waals surface area contributed by atoms with Gasteiger partial charge in [-0.3, -0.25) is 0 Å². The van der Waals surface area contributed by atoms with Gasteiger partial charge < -0.3 is 20.5 Å². The summed E-state index contributed by atoms with van der Waals surface area (Å²) < 4.78 is 5.02. The van der Waals surface area contributed by atoms with Crippen LogP contribution in [0.4, 0.5) is 4.79 Å². The quantitative estimate of drug-likeness (QED) is 0.601. The Bertz CT molecular complexity index is 199. The third-order valence-corrected chi connectivity index (χ3v) is 2.55. The summed E-state index contributed by atoms with van der Waals surface area (Å²) in [6.07, 6.45) is 3.49. The largest absolute Gasteiger partial charge is 0.443 e. The van der Waals surface area contributed by atoms with Crippen molar-refractivity contribution in [1.82, 2.24) is 4.90 Å². The topological polar surface area (TPSA) is 75.8 Å². The lowest BCUT2D eigenvalue weighted by Crippen LogP contribution is -2.28. The Labute approximate surface area is 90.2 Å². The summed E-state index contributed by atoms with van der Waals surface area (Å²) in [4.78, 5) is 13.0. The number of cyclic esters (lactones) is 1.